The van der Waals surface area contributed by atoms with Gasteiger partial charge >= 0.3 is 0 Å². The highest BCUT2D eigenvalue weighted by atomic mass is 32.1. The van der Waals surface area contributed by atoms with Crippen molar-refractivity contribution >= 4 is 16.3 Å². The molecule has 0 bridgehead atoms. The molecule has 7 heteroatoms. The molecule has 2 aromatic rings. The van der Waals surface area contributed by atoms with E-state index < -0.39 is 0 Å². The zero-order valence-corrected chi connectivity index (χ0v) is 12.3. The van der Waals surface area contributed by atoms with Crippen LogP contribution in [0.25, 0.3) is 4.96 Å². The Bertz CT molecular complexity index is 564. The Morgan fingerprint density at radius 3 is 2.95 bits per heavy atom. The summed E-state index contributed by atoms with van der Waals surface area (Å²) in [7, 11) is 0. The third kappa shape index (κ3) is 2.77. The highest BCUT2D eigenvalue weighted by molar-refractivity contribution is 7.16. The van der Waals surface area contributed by atoms with E-state index in [1.54, 1.807) is 11.3 Å². The van der Waals surface area contributed by atoms with Crippen LogP contribution in [-0.2, 0) is 11.3 Å². The average molecular weight is 281 g/mol. The van der Waals surface area contributed by atoms with Gasteiger partial charge < -0.3 is 10.1 Å². The fourth-order valence-corrected chi connectivity index (χ4v) is 2.86. The van der Waals surface area contributed by atoms with E-state index in [0.717, 1.165) is 42.0 Å². The minimum Gasteiger partial charge on any atom is -0.381 e. The smallest absolute Gasteiger partial charge is 0.234 e. The Hall–Kier alpha value is -1.05. The fourth-order valence-electron chi connectivity index (χ4n) is 2.08. The first kappa shape index (κ1) is 13.0. The van der Waals surface area contributed by atoms with Crippen molar-refractivity contribution < 1.29 is 4.74 Å². The normalized spacial score (nSPS) is 20.5. The van der Waals surface area contributed by atoms with Gasteiger partial charge in [0.2, 0.25) is 4.96 Å². The molecule has 0 radical (unpaired) electrons. The number of aromatic nitrogens is 4. The van der Waals surface area contributed by atoms with Crippen molar-refractivity contribution in [2.24, 2.45) is 0 Å². The number of hydrogen-bond acceptors (Lipinski definition) is 6. The second kappa shape index (κ2) is 4.81. The summed E-state index contributed by atoms with van der Waals surface area (Å²) < 4.78 is 7.29. The number of ether oxygens (including phenoxy) is 1. The number of nitrogens with one attached hydrogen (secondary N) is 1. The summed E-state index contributed by atoms with van der Waals surface area (Å²) in [6, 6.07) is 0. The van der Waals surface area contributed by atoms with Crippen LogP contribution in [0.3, 0.4) is 0 Å². The fraction of sp³-hybridized carbons (Fsp3) is 0.750. The van der Waals surface area contributed by atoms with Crippen molar-refractivity contribution in [1.29, 1.82) is 0 Å². The van der Waals surface area contributed by atoms with E-state index in [1.165, 1.54) is 0 Å². The Kier molecular flexibility index (Phi) is 3.28. The van der Waals surface area contributed by atoms with Crippen molar-refractivity contribution in [3.05, 3.63) is 10.8 Å². The van der Waals surface area contributed by atoms with E-state index >= 15 is 0 Å². The first-order chi connectivity index (χ1) is 9.03. The zero-order valence-electron chi connectivity index (χ0n) is 11.5. The van der Waals surface area contributed by atoms with Gasteiger partial charge in [-0.3, -0.25) is 0 Å². The van der Waals surface area contributed by atoms with Gasteiger partial charge in [-0.1, -0.05) is 11.3 Å². The molecule has 0 aromatic carbocycles. The van der Waals surface area contributed by atoms with Crippen LogP contribution in [0.4, 0.5) is 0 Å². The van der Waals surface area contributed by atoms with Gasteiger partial charge in [0.05, 0.1) is 13.2 Å². The molecule has 1 aliphatic heterocycles. The largest absolute Gasteiger partial charge is 0.381 e. The Morgan fingerprint density at radius 2 is 2.26 bits per heavy atom. The van der Waals surface area contributed by atoms with Crippen molar-refractivity contribution in [2.75, 3.05) is 13.2 Å². The van der Waals surface area contributed by atoms with Crippen LogP contribution in [0.1, 0.15) is 43.9 Å². The van der Waals surface area contributed by atoms with Crippen molar-refractivity contribution in [3.63, 3.8) is 0 Å². The van der Waals surface area contributed by atoms with Gasteiger partial charge in [-0.15, -0.1) is 10.2 Å². The average Bonchev–Trinajstić information content (AvgIpc) is 3.00. The molecule has 3 heterocycles. The van der Waals surface area contributed by atoms with Crippen molar-refractivity contribution in [2.45, 2.75) is 45.2 Å². The maximum atomic E-state index is 5.41. The lowest BCUT2D eigenvalue weighted by molar-refractivity contribution is 0.193. The van der Waals surface area contributed by atoms with Gasteiger partial charge in [0.15, 0.2) is 5.82 Å². The van der Waals surface area contributed by atoms with Crippen molar-refractivity contribution in [3.8, 4) is 0 Å². The van der Waals surface area contributed by atoms with E-state index in [4.69, 9.17) is 4.74 Å². The predicted octanol–water partition coefficient (Wildman–Crippen LogP) is 1.58. The summed E-state index contributed by atoms with van der Waals surface area (Å²) in [6.07, 6.45) is 1.01. The van der Waals surface area contributed by atoms with E-state index in [0.29, 0.717) is 5.92 Å². The van der Waals surface area contributed by atoms with Crippen molar-refractivity contribution in [1.82, 2.24) is 25.1 Å². The summed E-state index contributed by atoms with van der Waals surface area (Å²) in [5, 5.41) is 17.6. The van der Waals surface area contributed by atoms with E-state index in [2.05, 4.69) is 41.4 Å². The van der Waals surface area contributed by atoms with Crippen LogP contribution in [0.2, 0.25) is 0 Å². The molecule has 104 valence electrons. The highest BCUT2D eigenvalue weighted by Gasteiger charge is 2.24. The molecule has 6 nitrogen and oxygen atoms in total. The Balaban J connectivity index is 1.81. The number of hydrogen-bond donors (Lipinski definition) is 1. The van der Waals surface area contributed by atoms with Crippen LogP contribution >= 0.6 is 11.3 Å². The second-order valence-electron chi connectivity index (χ2n) is 5.91. The van der Waals surface area contributed by atoms with Gasteiger partial charge in [0.25, 0.3) is 0 Å². The van der Waals surface area contributed by atoms with Crippen LogP contribution in [0.5, 0.6) is 0 Å². The maximum Gasteiger partial charge on any atom is 0.234 e. The molecule has 1 aliphatic rings. The van der Waals surface area contributed by atoms with Gasteiger partial charge in [0, 0.05) is 18.1 Å². The van der Waals surface area contributed by atoms with Crippen LogP contribution in [0.15, 0.2) is 0 Å². The highest BCUT2D eigenvalue weighted by Crippen LogP contribution is 2.25. The second-order valence-corrected chi connectivity index (χ2v) is 6.95. The molecule has 0 saturated carbocycles. The number of nitrogens with zero attached hydrogens (tertiary/aromatic N) is 4. The van der Waals surface area contributed by atoms with Gasteiger partial charge in [-0.2, -0.15) is 9.61 Å². The molecule has 1 atom stereocenters. The molecule has 1 unspecified atom stereocenters. The van der Waals surface area contributed by atoms with E-state index in [1.807, 2.05) is 4.52 Å². The van der Waals surface area contributed by atoms with Gasteiger partial charge in [-0.25, -0.2) is 0 Å². The number of rotatable bonds is 3. The van der Waals surface area contributed by atoms with E-state index in [9.17, 15) is 0 Å². The van der Waals surface area contributed by atoms with Crippen LogP contribution in [0, 0.1) is 0 Å². The molecule has 1 N–H and O–H groups in total. The Labute approximate surface area is 116 Å². The maximum absolute atomic E-state index is 5.41. The lowest BCUT2D eigenvalue weighted by atomic mass is 10.1. The summed E-state index contributed by atoms with van der Waals surface area (Å²) >= 11 is 1.59. The third-order valence-electron chi connectivity index (χ3n) is 3.12. The minimum atomic E-state index is 0.0914. The molecule has 19 heavy (non-hydrogen) atoms. The molecule has 1 saturated heterocycles. The molecule has 1 fully saturated rings. The van der Waals surface area contributed by atoms with Crippen LogP contribution in [-0.4, -0.2) is 38.6 Å². The third-order valence-corrected chi connectivity index (χ3v) is 4.02. The summed E-state index contributed by atoms with van der Waals surface area (Å²) in [5.74, 6) is 1.27. The first-order valence-electron chi connectivity index (χ1n) is 6.57. The lowest BCUT2D eigenvalue weighted by Gasteiger charge is -2.19. The van der Waals surface area contributed by atoms with Crippen LogP contribution < -0.4 is 5.32 Å². The van der Waals surface area contributed by atoms with Gasteiger partial charge in [0.1, 0.15) is 5.01 Å². The standard InChI is InChI=1S/C12H19N5OS/c1-12(2,3)13-6-9-16-17-10(8-4-5-18-7-8)14-15-11(17)19-9/h8,13H,4-7H2,1-3H3. The Morgan fingerprint density at radius 1 is 1.42 bits per heavy atom. The predicted molar refractivity (Wildman–Crippen MR) is 73.4 cm³/mol. The molecular weight excluding hydrogens is 262 g/mol. The van der Waals surface area contributed by atoms with E-state index in [-0.39, 0.29) is 5.54 Å². The SMILES string of the molecule is CC(C)(C)NCc1nn2c(C3CCOC3)nnc2s1. The molecule has 3 rings (SSSR count). The summed E-state index contributed by atoms with van der Waals surface area (Å²) in [4.78, 5) is 0.868. The molecule has 0 aliphatic carbocycles. The zero-order chi connectivity index (χ0) is 13.5. The topological polar surface area (TPSA) is 64.3 Å². The molecular formula is C12H19N5OS. The minimum absolute atomic E-state index is 0.0914. The summed E-state index contributed by atoms with van der Waals surface area (Å²) in [5.41, 5.74) is 0.0914. The summed E-state index contributed by atoms with van der Waals surface area (Å²) in [6.45, 7) is 8.74. The number of fused-ring (bicyclic) bond motifs is 1. The first-order valence-corrected chi connectivity index (χ1v) is 7.38. The quantitative estimate of drug-likeness (QED) is 0.925. The van der Waals surface area contributed by atoms with Gasteiger partial charge in [-0.05, 0) is 27.2 Å². The molecule has 0 spiro atoms. The molecule has 0 amide bonds. The monoisotopic (exact) mass is 281 g/mol. The molecule has 2 aromatic heterocycles. The lowest BCUT2D eigenvalue weighted by Crippen LogP contribution is -2.35.